The van der Waals surface area contributed by atoms with Gasteiger partial charge in [-0.25, -0.2) is 0 Å². The minimum Gasteiger partial charge on any atom is -0.354 e. The number of carbonyl (C=O) groups is 2. The molecule has 10 heteroatoms. The van der Waals surface area contributed by atoms with E-state index in [9.17, 15) is 19.7 Å². The highest BCUT2D eigenvalue weighted by atomic mass is 35.5. The molecule has 2 amide bonds. The second-order valence-electron chi connectivity index (χ2n) is 8.24. The van der Waals surface area contributed by atoms with Gasteiger partial charge in [-0.05, 0) is 35.6 Å². The molecule has 1 atom stereocenters. The Labute approximate surface area is 214 Å². The van der Waals surface area contributed by atoms with Crippen molar-refractivity contribution in [1.29, 1.82) is 0 Å². The van der Waals surface area contributed by atoms with E-state index in [1.54, 1.807) is 35.2 Å². The minimum absolute atomic E-state index is 0.0223. The maximum Gasteiger partial charge on any atom is 0.269 e. The number of thioether (sulfide) groups is 1. The van der Waals surface area contributed by atoms with Crippen LogP contribution >= 0.6 is 35.0 Å². The Morgan fingerprint density at radius 1 is 1.15 bits per heavy atom. The molecule has 0 radical (unpaired) electrons. The molecule has 2 aromatic carbocycles. The molecule has 0 aliphatic rings. The van der Waals surface area contributed by atoms with Gasteiger partial charge in [0.25, 0.3) is 5.69 Å². The summed E-state index contributed by atoms with van der Waals surface area (Å²) in [6.07, 6.45) is 0.452. The summed E-state index contributed by atoms with van der Waals surface area (Å²) in [6, 6.07) is 10.7. The van der Waals surface area contributed by atoms with Crippen LogP contribution in [0.4, 0.5) is 5.69 Å². The summed E-state index contributed by atoms with van der Waals surface area (Å²) in [6.45, 7) is 6.58. The van der Waals surface area contributed by atoms with Gasteiger partial charge in [0.2, 0.25) is 11.8 Å². The van der Waals surface area contributed by atoms with Crippen molar-refractivity contribution in [2.75, 3.05) is 12.3 Å². The Balaban J connectivity index is 2.14. The summed E-state index contributed by atoms with van der Waals surface area (Å²) in [5.41, 5.74) is 1.60. The molecule has 2 rings (SSSR count). The highest BCUT2D eigenvalue weighted by Gasteiger charge is 2.29. The third-order valence-electron chi connectivity index (χ3n) is 5.07. The number of rotatable bonds is 12. The van der Waals surface area contributed by atoms with Gasteiger partial charge in [0, 0.05) is 41.0 Å². The highest BCUT2D eigenvalue weighted by Crippen LogP contribution is 2.25. The van der Waals surface area contributed by atoms with Crippen molar-refractivity contribution in [2.45, 2.75) is 45.5 Å². The Hall–Kier alpha value is -2.29. The summed E-state index contributed by atoms with van der Waals surface area (Å²) < 4.78 is 0. The normalized spacial score (nSPS) is 11.8. The molecule has 0 spiro atoms. The lowest BCUT2D eigenvalue weighted by Crippen LogP contribution is -2.50. The predicted octanol–water partition coefficient (Wildman–Crippen LogP) is 5.71. The van der Waals surface area contributed by atoms with Crippen LogP contribution in [0.2, 0.25) is 10.0 Å². The van der Waals surface area contributed by atoms with E-state index in [4.69, 9.17) is 23.2 Å². The van der Waals surface area contributed by atoms with Crippen molar-refractivity contribution in [3.05, 3.63) is 73.8 Å². The van der Waals surface area contributed by atoms with Crippen LogP contribution in [0.1, 0.15) is 38.3 Å². The van der Waals surface area contributed by atoms with Crippen LogP contribution in [0, 0.1) is 16.0 Å². The van der Waals surface area contributed by atoms with Gasteiger partial charge in [0.05, 0.1) is 10.7 Å². The van der Waals surface area contributed by atoms with Crippen molar-refractivity contribution in [2.24, 2.45) is 5.92 Å². The molecule has 7 nitrogen and oxygen atoms in total. The Kier molecular flexibility index (Phi) is 11.1. The number of halogens is 2. The summed E-state index contributed by atoms with van der Waals surface area (Å²) in [7, 11) is 0. The number of nitro benzene ring substituents is 1. The molecule has 184 valence electrons. The zero-order chi connectivity index (χ0) is 25.3. The topological polar surface area (TPSA) is 92.6 Å². The first kappa shape index (κ1) is 28.0. The van der Waals surface area contributed by atoms with Crippen LogP contribution < -0.4 is 5.32 Å². The fraction of sp³-hybridized carbons (Fsp3) is 0.417. The Morgan fingerprint density at radius 3 is 2.38 bits per heavy atom. The fourth-order valence-electron chi connectivity index (χ4n) is 3.23. The van der Waals surface area contributed by atoms with Crippen LogP contribution in [0.25, 0.3) is 0 Å². The van der Waals surface area contributed by atoms with Crippen LogP contribution in [0.5, 0.6) is 0 Å². The van der Waals surface area contributed by atoms with E-state index in [1.165, 1.54) is 23.9 Å². The Morgan fingerprint density at radius 2 is 1.82 bits per heavy atom. The standard InChI is InChI=1S/C24H29Cl2N3O4S/c1-4-22(24(31)27-12-16(2)3)28(13-18-7-8-19(25)11-21(18)26)23(30)15-34-14-17-5-9-20(10-6-17)29(32)33/h5-11,16,22H,4,12-15H2,1-3H3,(H,27,31)/t22-/m1/s1. The molecule has 0 bridgehead atoms. The quantitative estimate of drug-likeness (QED) is 0.282. The molecule has 2 aromatic rings. The van der Waals surface area contributed by atoms with Gasteiger partial charge in [-0.3, -0.25) is 19.7 Å². The number of carbonyl (C=O) groups excluding carboxylic acids is 2. The molecule has 34 heavy (non-hydrogen) atoms. The van der Waals surface area contributed by atoms with E-state index >= 15 is 0 Å². The SMILES string of the molecule is CC[C@H](C(=O)NCC(C)C)N(Cc1ccc(Cl)cc1Cl)C(=O)CSCc1ccc([N+](=O)[O-])cc1. The van der Waals surface area contributed by atoms with E-state index < -0.39 is 11.0 Å². The Bertz CT molecular complexity index is 1000. The molecule has 0 aliphatic carbocycles. The first-order valence-electron chi connectivity index (χ1n) is 10.9. The van der Waals surface area contributed by atoms with Gasteiger partial charge in [-0.2, -0.15) is 0 Å². The van der Waals surface area contributed by atoms with Crippen molar-refractivity contribution in [3.8, 4) is 0 Å². The highest BCUT2D eigenvalue weighted by molar-refractivity contribution is 7.99. The molecule has 0 fully saturated rings. The number of nitro groups is 1. The third kappa shape index (κ3) is 8.49. The first-order chi connectivity index (χ1) is 16.1. The predicted molar refractivity (Wildman–Crippen MR) is 138 cm³/mol. The lowest BCUT2D eigenvalue weighted by atomic mass is 10.1. The minimum atomic E-state index is -0.641. The fourth-order valence-corrected chi connectivity index (χ4v) is 4.57. The van der Waals surface area contributed by atoms with Gasteiger partial charge in [-0.15, -0.1) is 11.8 Å². The zero-order valence-electron chi connectivity index (χ0n) is 19.4. The van der Waals surface area contributed by atoms with Gasteiger partial charge < -0.3 is 10.2 Å². The second kappa shape index (κ2) is 13.6. The molecule has 0 heterocycles. The number of benzene rings is 2. The van der Waals surface area contributed by atoms with Crippen molar-refractivity contribution in [1.82, 2.24) is 10.2 Å². The number of non-ortho nitro benzene ring substituents is 1. The van der Waals surface area contributed by atoms with E-state index in [0.29, 0.717) is 34.3 Å². The molecule has 0 saturated heterocycles. The maximum absolute atomic E-state index is 13.3. The summed E-state index contributed by atoms with van der Waals surface area (Å²) in [5.74, 6) is 0.555. The van der Waals surface area contributed by atoms with Crippen LogP contribution in [-0.2, 0) is 21.9 Å². The third-order valence-corrected chi connectivity index (χ3v) is 6.64. The molecular weight excluding hydrogens is 497 g/mol. The lowest BCUT2D eigenvalue weighted by Gasteiger charge is -2.31. The van der Waals surface area contributed by atoms with Gasteiger partial charge >= 0.3 is 0 Å². The molecule has 0 unspecified atom stereocenters. The number of nitrogens with zero attached hydrogens (tertiary/aromatic N) is 2. The summed E-state index contributed by atoms with van der Waals surface area (Å²) in [5, 5.41) is 14.7. The van der Waals surface area contributed by atoms with Crippen LogP contribution in [0.3, 0.4) is 0 Å². The average Bonchev–Trinajstić information content (AvgIpc) is 2.79. The van der Waals surface area contributed by atoms with Gasteiger partial charge in [-0.1, -0.05) is 62.2 Å². The first-order valence-corrected chi connectivity index (χ1v) is 12.9. The lowest BCUT2D eigenvalue weighted by molar-refractivity contribution is -0.384. The van der Waals surface area contributed by atoms with Crippen molar-refractivity contribution < 1.29 is 14.5 Å². The zero-order valence-corrected chi connectivity index (χ0v) is 21.8. The summed E-state index contributed by atoms with van der Waals surface area (Å²) >= 11 is 13.7. The number of hydrogen-bond acceptors (Lipinski definition) is 5. The van der Waals surface area contributed by atoms with E-state index in [-0.39, 0.29) is 35.7 Å². The molecule has 0 aromatic heterocycles. The molecule has 0 saturated carbocycles. The van der Waals surface area contributed by atoms with E-state index in [1.807, 2.05) is 20.8 Å². The number of nitrogens with one attached hydrogen (secondary N) is 1. The van der Waals surface area contributed by atoms with Crippen LogP contribution in [0.15, 0.2) is 42.5 Å². The van der Waals surface area contributed by atoms with Gasteiger partial charge in [0.1, 0.15) is 6.04 Å². The van der Waals surface area contributed by atoms with Crippen molar-refractivity contribution in [3.63, 3.8) is 0 Å². The molecular formula is C24H29Cl2N3O4S. The monoisotopic (exact) mass is 525 g/mol. The number of hydrogen-bond donors (Lipinski definition) is 1. The maximum atomic E-state index is 13.3. The average molecular weight is 526 g/mol. The largest absolute Gasteiger partial charge is 0.354 e. The second-order valence-corrected chi connectivity index (χ2v) is 10.1. The smallest absolute Gasteiger partial charge is 0.269 e. The summed E-state index contributed by atoms with van der Waals surface area (Å²) in [4.78, 5) is 38.1. The van der Waals surface area contributed by atoms with Gasteiger partial charge in [0.15, 0.2) is 0 Å². The molecule has 0 aliphatic heterocycles. The van der Waals surface area contributed by atoms with Crippen LogP contribution in [-0.4, -0.2) is 40.0 Å². The van der Waals surface area contributed by atoms with E-state index in [0.717, 1.165) is 5.56 Å². The molecule has 1 N–H and O–H groups in total. The number of amides is 2. The van der Waals surface area contributed by atoms with E-state index in [2.05, 4.69) is 5.32 Å². The van der Waals surface area contributed by atoms with Crippen molar-refractivity contribution >= 4 is 52.5 Å².